The number of H-pyrrole nitrogens is 1. The van der Waals surface area contributed by atoms with E-state index in [-0.39, 0.29) is 11.9 Å². The van der Waals surface area contributed by atoms with Crippen LogP contribution < -0.4 is 4.90 Å². The number of aromatic amines is 1. The Hall–Kier alpha value is -2.74. The van der Waals surface area contributed by atoms with E-state index in [4.69, 9.17) is 4.74 Å². The average molecular weight is 449 g/mol. The van der Waals surface area contributed by atoms with Crippen molar-refractivity contribution < 1.29 is 9.13 Å². The zero-order valence-corrected chi connectivity index (χ0v) is 18.6. The van der Waals surface area contributed by atoms with Crippen molar-refractivity contribution in [3.8, 4) is 0 Å². The Kier molecular flexibility index (Phi) is 5.17. The van der Waals surface area contributed by atoms with Gasteiger partial charge in [-0.3, -0.25) is 4.90 Å². The Labute approximate surface area is 190 Å². The fraction of sp³-hybridized carbons (Fsp3) is 0.320. The van der Waals surface area contributed by atoms with Crippen molar-refractivity contribution in [1.29, 1.82) is 0 Å². The van der Waals surface area contributed by atoms with Crippen molar-refractivity contribution in [3.05, 3.63) is 82.2 Å². The van der Waals surface area contributed by atoms with Gasteiger partial charge in [-0.1, -0.05) is 36.4 Å². The van der Waals surface area contributed by atoms with Crippen LogP contribution in [0.3, 0.4) is 0 Å². The van der Waals surface area contributed by atoms with Crippen molar-refractivity contribution in [3.63, 3.8) is 0 Å². The number of hydrogen-bond donors (Lipinski definition) is 1. The van der Waals surface area contributed by atoms with E-state index in [1.165, 1.54) is 15.8 Å². The quantitative estimate of drug-likeness (QED) is 0.490. The lowest BCUT2D eigenvalue weighted by Gasteiger charge is -2.36. The molecule has 2 aliphatic heterocycles. The summed E-state index contributed by atoms with van der Waals surface area (Å²) in [4.78, 5) is 14.2. The molecular weight excluding hydrogens is 423 g/mol. The molecule has 1 unspecified atom stereocenters. The first-order valence-corrected chi connectivity index (χ1v) is 11.9. The number of ether oxygens (including phenoxy) is 1. The monoisotopic (exact) mass is 448 g/mol. The average Bonchev–Trinajstić information content (AvgIpc) is 3.45. The number of anilines is 1. The van der Waals surface area contributed by atoms with Gasteiger partial charge in [0.2, 0.25) is 0 Å². The topological polar surface area (TPSA) is 44.4 Å². The molecule has 7 heteroatoms. The molecule has 6 rings (SSSR count). The van der Waals surface area contributed by atoms with Gasteiger partial charge in [0.1, 0.15) is 5.82 Å². The summed E-state index contributed by atoms with van der Waals surface area (Å²) in [7, 11) is 0. The summed E-state index contributed by atoms with van der Waals surface area (Å²) >= 11 is 1.73. The van der Waals surface area contributed by atoms with Crippen LogP contribution in [0.4, 0.5) is 9.52 Å². The minimum absolute atomic E-state index is 0.152. The van der Waals surface area contributed by atoms with Crippen LogP contribution in [0, 0.1) is 5.82 Å². The van der Waals surface area contributed by atoms with E-state index < -0.39 is 0 Å². The molecule has 2 aromatic heterocycles. The number of halogens is 1. The van der Waals surface area contributed by atoms with Gasteiger partial charge in [0.15, 0.2) is 5.13 Å². The van der Waals surface area contributed by atoms with Crippen LogP contribution in [-0.2, 0) is 17.7 Å². The molecule has 0 bridgehead atoms. The van der Waals surface area contributed by atoms with E-state index in [9.17, 15) is 0 Å². The highest BCUT2D eigenvalue weighted by Gasteiger charge is 2.33. The third kappa shape index (κ3) is 3.50. The van der Waals surface area contributed by atoms with E-state index in [0.717, 1.165) is 67.7 Å². The Morgan fingerprint density at radius 3 is 2.75 bits per heavy atom. The summed E-state index contributed by atoms with van der Waals surface area (Å²) < 4.78 is 20.5. The van der Waals surface area contributed by atoms with Crippen molar-refractivity contribution in [1.82, 2.24) is 14.9 Å². The Balaban J connectivity index is 1.36. The largest absolute Gasteiger partial charge is 0.378 e. The molecule has 164 valence electrons. The molecule has 0 aliphatic carbocycles. The summed E-state index contributed by atoms with van der Waals surface area (Å²) in [6.07, 6.45) is 2.92. The summed E-state index contributed by atoms with van der Waals surface area (Å²) in [5.41, 5.74) is 4.26. The fourth-order valence-electron chi connectivity index (χ4n) is 4.98. The third-order valence-corrected chi connectivity index (χ3v) is 7.56. The van der Waals surface area contributed by atoms with Crippen molar-refractivity contribution in [2.75, 3.05) is 37.7 Å². The van der Waals surface area contributed by atoms with Crippen LogP contribution in [0.1, 0.15) is 27.7 Å². The van der Waals surface area contributed by atoms with Crippen LogP contribution >= 0.6 is 11.3 Å². The lowest BCUT2D eigenvalue weighted by atomic mass is 9.92. The minimum Gasteiger partial charge on any atom is -0.378 e. The number of nitrogens with zero attached hydrogens (tertiary/aromatic N) is 3. The maximum absolute atomic E-state index is 15.0. The number of fused-ring (bicyclic) bond motifs is 3. The number of para-hydroxylation sites is 1. The number of rotatable bonds is 4. The lowest BCUT2D eigenvalue weighted by Crippen LogP contribution is -2.36. The summed E-state index contributed by atoms with van der Waals surface area (Å²) in [6, 6.07) is 15.4. The highest BCUT2D eigenvalue weighted by atomic mass is 32.1. The molecule has 1 fully saturated rings. The third-order valence-electron chi connectivity index (χ3n) is 6.52. The number of thiazole rings is 1. The van der Waals surface area contributed by atoms with Crippen molar-refractivity contribution >= 4 is 27.4 Å². The first kappa shape index (κ1) is 19.9. The van der Waals surface area contributed by atoms with Crippen LogP contribution in [0.2, 0.25) is 0 Å². The van der Waals surface area contributed by atoms with Gasteiger partial charge >= 0.3 is 0 Å². The maximum atomic E-state index is 15.0. The molecule has 1 atom stereocenters. The van der Waals surface area contributed by atoms with E-state index in [2.05, 4.69) is 38.0 Å². The van der Waals surface area contributed by atoms with Gasteiger partial charge in [0.05, 0.1) is 19.3 Å². The normalized spacial score (nSPS) is 19.4. The second kappa shape index (κ2) is 8.31. The summed E-state index contributed by atoms with van der Waals surface area (Å²) in [5.74, 6) is -0.160. The molecule has 0 radical (unpaired) electrons. The van der Waals surface area contributed by atoms with Crippen LogP contribution in [0.5, 0.6) is 0 Å². The van der Waals surface area contributed by atoms with E-state index in [0.29, 0.717) is 0 Å². The summed E-state index contributed by atoms with van der Waals surface area (Å²) in [6.45, 7) is 4.88. The predicted molar refractivity (Wildman–Crippen MR) is 126 cm³/mol. The Morgan fingerprint density at radius 2 is 1.88 bits per heavy atom. The fourth-order valence-corrected chi connectivity index (χ4v) is 5.97. The smallest absolute Gasteiger partial charge is 0.185 e. The van der Waals surface area contributed by atoms with E-state index in [1.807, 2.05) is 24.4 Å². The number of nitrogens with one attached hydrogen (secondary N) is 1. The zero-order chi connectivity index (χ0) is 21.5. The van der Waals surface area contributed by atoms with Gasteiger partial charge in [-0.25, -0.2) is 9.37 Å². The zero-order valence-electron chi connectivity index (χ0n) is 17.8. The molecule has 0 spiro atoms. The van der Waals surface area contributed by atoms with Gasteiger partial charge in [-0.15, -0.1) is 11.3 Å². The molecule has 32 heavy (non-hydrogen) atoms. The van der Waals surface area contributed by atoms with Gasteiger partial charge in [0, 0.05) is 59.4 Å². The second-order valence-corrected chi connectivity index (χ2v) is 9.51. The molecule has 5 nitrogen and oxygen atoms in total. The SMILES string of the molecule is Fc1ccccc1C1c2[nH]c3ccccc3c2CCN1Cc1cnc(N2CCOCC2)s1. The molecule has 4 heterocycles. The molecular formula is C25H25FN4OS. The number of benzene rings is 2. The number of aromatic nitrogens is 2. The molecule has 0 saturated carbocycles. The van der Waals surface area contributed by atoms with Crippen molar-refractivity contribution in [2.24, 2.45) is 0 Å². The van der Waals surface area contributed by atoms with Crippen LogP contribution in [0.25, 0.3) is 10.9 Å². The van der Waals surface area contributed by atoms with Crippen LogP contribution in [0.15, 0.2) is 54.7 Å². The maximum Gasteiger partial charge on any atom is 0.185 e. The second-order valence-electron chi connectivity index (χ2n) is 8.42. The first-order chi connectivity index (χ1) is 15.8. The molecule has 1 N–H and O–H groups in total. The highest BCUT2D eigenvalue weighted by molar-refractivity contribution is 7.15. The predicted octanol–water partition coefficient (Wildman–Crippen LogP) is 4.75. The van der Waals surface area contributed by atoms with Gasteiger partial charge < -0.3 is 14.6 Å². The molecule has 2 aromatic carbocycles. The summed E-state index contributed by atoms with van der Waals surface area (Å²) in [5, 5.41) is 2.30. The van der Waals surface area contributed by atoms with Gasteiger partial charge in [-0.05, 0) is 24.1 Å². The number of morpholine rings is 1. The standard InChI is InChI=1S/C25H25FN4OS/c26-21-7-3-1-6-20(21)24-23-19(18-5-2-4-8-22(18)28-23)9-10-30(24)16-17-15-27-25(32-17)29-11-13-31-14-12-29/h1-8,15,24,28H,9-14,16H2. The molecule has 2 aliphatic rings. The highest BCUT2D eigenvalue weighted by Crippen LogP contribution is 2.40. The van der Waals surface area contributed by atoms with Gasteiger partial charge in [-0.2, -0.15) is 0 Å². The lowest BCUT2D eigenvalue weighted by molar-refractivity contribution is 0.122. The van der Waals surface area contributed by atoms with Crippen molar-refractivity contribution in [2.45, 2.75) is 19.0 Å². The van der Waals surface area contributed by atoms with E-state index >= 15 is 4.39 Å². The first-order valence-electron chi connectivity index (χ1n) is 11.1. The molecule has 0 amide bonds. The minimum atomic E-state index is -0.160. The molecule has 1 saturated heterocycles. The van der Waals surface area contributed by atoms with E-state index in [1.54, 1.807) is 23.5 Å². The Bertz CT molecular complexity index is 1250. The molecule has 4 aromatic rings. The van der Waals surface area contributed by atoms with Gasteiger partial charge in [0.25, 0.3) is 0 Å². The Morgan fingerprint density at radius 1 is 1.06 bits per heavy atom. The number of hydrogen-bond acceptors (Lipinski definition) is 5. The van der Waals surface area contributed by atoms with Crippen LogP contribution in [-0.4, -0.2) is 47.7 Å².